The minimum absolute atomic E-state index is 0.0533. The first-order chi connectivity index (χ1) is 12.7. The van der Waals surface area contributed by atoms with E-state index in [0.29, 0.717) is 38.1 Å². The maximum absolute atomic E-state index is 12.8. The molecule has 0 bridgehead atoms. The van der Waals surface area contributed by atoms with E-state index in [4.69, 9.17) is 4.74 Å². The molecule has 6 heteroatoms. The molecule has 0 radical (unpaired) electrons. The van der Waals surface area contributed by atoms with E-state index in [1.54, 1.807) is 18.0 Å². The van der Waals surface area contributed by atoms with E-state index in [2.05, 4.69) is 4.98 Å². The van der Waals surface area contributed by atoms with Gasteiger partial charge in [-0.1, -0.05) is 30.3 Å². The number of nitrogens with zero attached hydrogens (tertiary/aromatic N) is 2. The van der Waals surface area contributed by atoms with Crippen LogP contribution in [0.5, 0.6) is 0 Å². The van der Waals surface area contributed by atoms with Gasteiger partial charge < -0.3 is 9.64 Å². The van der Waals surface area contributed by atoms with Gasteiger partial charge >= 0.3 is 5.97 Å². The summed E-state index contributed by atoms with van der Waals surface area (Å²) >= 11 is 1.46. The van der Waals surface area contributed by atoms with Crippen molar-refractivity contribution >= 4 is 28.9 Å². The van der Waals surface area contributed by atoms with E-state index in [0.717, 1.165) is 10.6 Å². The molecule has 1 amide bonds. The number of benzene rings is 1. The summed E-state index contributed by atoms with van der Waals surface area (Å²) in [7, 11) is 0. The van der Waals surface area contributed by atoms with Crippen molar-refractivity contribution in [2.75, 3.05) is 6.61 Å². The number of rotatable bonds is 5. The number of carbonyl (C=O) groups is 2. The van der Waals surface area contributed by atoms with Crippen molar-refractivity contribution in [3.63, 3.8) is 0 Å². The number of hydrogen-bond donors (Lipinski definition) is 0. The number of aromatic nitrogens is 1. The SMILES string of the molecule is CCOC(=O)C1/C=C(/c2nccs2)N(Cc2ccccc2)C(=O)CCC1. The zero-order valence-electron chi connectivity index (χ0n) is 14.8. The zero-order valence-corrected chi connectivity index (χ0v) is 15.6. The van der Waals surface area contributed by atoms with Gasteiger partial charge in [-0.15, -0.1) is 11.3 Å². The highest BCUT2D eigenvalue weighted by molar-refractivity contribution is 7.10. The smallest absolute Gasteiger partial charge is 0.312 e. The minimum Gasteiger partial charge on any atom is -0.466 e. The molecule has 5 nitrogen and oxygen atoms in total. The highest BCUT2D eigenvalue weighted by atomic mass is 32.1. The molecule has 26 heavy (non-hydrogen) atoms. The van der Waals surface area contributed by atoms with Gasteiger partial charge in [0.05, 0.1) is 24.8 Å². The van der Waals surface area contributed by atoms with Crippen molar-refractivity contribution in [2.24, 2.45) is 5.92 Å². The summed E-state index contributed by atoms with van der Waals surface area (Å²) in [6, 6.07) is 9.85. The first-order valence-corrected chi connectivity index (χ1v) is 9.69. The summed E-state index contributed by atoms with van der Waals surface area (Å²) in [6.45, 7) is 2.61. The van der Waals surface area contributed by atoms with E-state index < -0.39 is 0 Å². The second kappa shape index (κ2) is 8.76. The van der Waals surface area contributed by atoms with E-state index in [1.807, 2.05) is 41.8 Å². The Labute approximate surface area is 157 Å². The van der Waals surface area contributed by atoms with Gasteiger partial charge in [-0.3, -0.25) is 9.59 Å². The third kappa shape index (κ3) is 4.38. The largest absolute Gasteiger partial charge is 0.466 e. The van der Waals surface area contributed by atoms with Crippen LogP contribution in [-0.4, -0.2) is 28.4 Å². The standard InChI is InChI=1S/C20H22N2O3S/c1-2-25-20(24)16-9-6-10-18(23)22(14-15-7-4-3-5-8-15)17(13-16)19-21-11-12-26-19/h3-5,7-8,11-13,16H,2,6,9-10,14H2,1H3/b17-13-. The zero-order chi connectivity index (χ0) is 18.4. The molecule has 0 fully saturated rings. The van der Waals surface area contributed by atoms with Gasteiger partial charge in [-0.2, -0.15) is 0 Å². The lowest BCUT2D eigenvalue weighted by molar-refractivity contribution is -0.147. The minimum atomic E-state index is -0.361. The van der Waals surface area contributed by atoms with Gasteiger partial charge in [-0.05, 0) is 31.4 Å². The Morgan fingerprint density at radius 2 is 2.15 bits per heavy atom. The van der Waals surface area contributed by atoms with E-state index >= 15 is 0 Å². The van der Waals surface area contributed by atoms with Crippen LogP contribution in [0, 0.1) is 5.92 Å². The van der Waals surface area contributed by atoms with Crippen LogP contribution in [0.3, 0.4) is 0 Å². The summed E-state index contributed by atoms with van der Waals surface area (Å²) in [4.78, 5) is 31.3. The van der Waals surface area contributed by atoms with Crippen molar-refractivity contribution in [1.82, 2.24) is 9.88 Å². The molecule has 1 aliphatic rings. The first-order valence-electron chi connectivity index (χ1n) is 8.81. The third-order valence-electron chi connectivity index (χ3n) is 4.28. The van der Waals surface area contributed by atoms with Crippen LogP contribution in [-0.2, 0) is 20.9 Å². The monoisotopic (exact) mass is 370 g/mol. The summed E-state index contributed by atoms with van der Waals surface area (Å²) in [6.07, 6.45) is 5.25. The van der Waals surface area contributed by atoms with Crippen LogP contribution in [0.2, 0.25) is 0 Å². The topological polar surface area (TPSA) is 59.5 Å². The fraction of sp³-hybridized carbons (Fsp3) is 0.350. The van der Waals surface area contributed by atoms with Crippen LogP contribution in [0.1, 0.15) is 36.8 Å². The highest BCUT2D eigenvalue weighted by Crippen LogP contribution is 2.30. The second-order valence-corrected chi connectivity index (χ2v) is 7.00. The first kappa shape index (κ1) is 18.3. The summed E-state index contributed by atoms with van der Waals surface area (Å²) in [5.41, 5.74) is 1.74. The van der Waals surface area contributed by atoms with Crippen molar-refractivity contribution in [3.8, 4) is 0 Å². The van der Waals surface area contributed by atoms with Crippen LogP contribution in [0.4, 0.5) is 0 Å². The Morgan fingerprint density at radius 3 is 2.85 bits per heavy atom. The van der Waals surface area contributed by atoms with Gasteiger partial charge in [-0.25, -0.2) is 4.98 Å². The van der Waals surface area contributed by atoms with Crippen molar-refractivity contribution < 1.29 is 14.3 Å². The number of amides is 1. The molecule has 0 saturated heterocycles. The Bertz CT molecular complexity index is 772. The predicted molar refractivity (Wildman–Crippen MR) is 101 cm³/mol. The number of thiazole rings is 1. The molecule has 0 saturated carbocycles. The highest BCUT2D eigenvalue weighted by Gasteiger charge is 2.28. The quantitative estimate of drug-likeness (QED) is 0.750. The van der Waals surface area contributed by atoms with Crippen LogP contribution < -0.4 is 0 Å². The Hall–Kier alpha value is -2.47. The molecule has 0 N–H and O–H groups in total. The number of hydrogen-bond acceptors (Lipinski definition) is 5. The number of ether oxygens (including phenoxy) is 1. The van der Waals surface area contributed by atoms with E-state index in [9.17, 15) is 9.59 Å². The average Bonchev–Trinajstić information content (AvgIpc) is 3.17. The molecule has 1 unspecified atom stereocenters. The Morgan fingerprint density at radius 1 is 1.35 bits per heavy atom. The fourth-order valence-corrected chi connectivity index (χ4v) is 3.69. The molecular weight excluding hydrogens is 348 g/mol. The maximum Gasteiger partial charge on any atom is 0.312 e. The van der Waals surface area contributed by atoms with E-state index in [-0.39, 0.29) is 17.8 Å². The molecule has 3 rings (SSSR count). The number of esters is 1. The van der Waals surface area contributed by atoms with Gasteiger partial charge in [0.25, 0.3) is 0 Å². The molecule has 2 heterocycles. The third-order valence-corrected chi connectivity index (χ3v) is 5.08. The second-order valence-electron chi connectivity index (χ2n) is 6.11. The normalized spacial score (nSPS) is 20.0. The van der Waals surface area contributed by atoms with Gasteiger partial charge in [0.1, 0.15) is 5.01 Å². The Kier molecular flexibility index (Phi) is 6.17. The van der Waals surface area contributed by atoms with Crippen LogP contribution >= 0.6 is 11.3 Å². The van der Waals surface area contributed by atoms with Gasteiger partial charge in [0.2, 0.25) is 5.91 Å². The Balaban J connectivity index is 1.99. The predicted octanol–water partition coefficient (Wildman–Crippen LogP) is 3.88. The van der Waals surface area contributed by atoms with Crippen LogP contribution in [0.25, 0.3) is 5.70 Å². The summed E-state index contributed by atoms with van der Waals surface area (Å²) < 4.78 is 5.22. The summed E-state index contributed by atoms with van der Waals surface area (Å²) in [5, 5.41) is 2.62. The molecule has 0 spiro atoms. The van der Waals surface area contributed by atoms with Crippen molar-refractivity contribution in [3.05, 3.63) is 58.6 Å². The molecule has 1 aromatic carbocycles. The van der Waals surface area contributed by atoms with Crippen molar-refractivity contribution in [1.29, 1.82) is 0 Å². The fourth-order valence-electron chi connectivity index (χ4n) is 3.02. The molecule has 136 valence electrons. The van der Waals surface area contributed by atoms with Gasteiger partial charge in [0, 0.05) is 18.0 Å². The van der Waals surface area contributed by atoms with Crippen molar-refractivity contribution in [2.45, 2.75) is 32.7 Å². The number of carbonyl (C=O) groups excluding carboxylic acids is 2. The molecule has 1 atom stereocenters. The maximum atomic E-state index is 12.8. The lowest BCUT2D eigenvalue weighted by Gasteiger charge is -2.28. The van der Waals surface area contributed by atoms with Gasteiger partial charge in [0.15, 0.2) is 0 Å². The van der Waals surface area contributed by atoms with Crippen LogP contribution in [0.15, 0.2) is 48.0 Å². The lowest BCUT2D eigenvalue weighted by atomic mass is 9.97. The van der Waals surface area contributed by atoms with E-state index in [1.165, 1.54) is 11.3 Å². The molecular formula is C20H22N2O3S. The summed E-state index contributed by atoms with van der Waals surface area (Å²) in [5.74, 6) is -0.548. The molecule has 1 aliphatic heterocycles. The lowest BCUT2D eigenvalue weighted by Crippen LogP contribution is -2.32. The average molecular weight is 370 g/mol. The molecule has 2 aromatic rings. The molecule has 1 aromatic heterocycles. The molecule has 0 aliphatic carbocycles.